The van der Waals surface area contributed by atoms with E-state index in [0.717, 1.165) is 11.3 Å². The molecule has 1 aromatic heterocycles. The van der Waals surface area contributed by atoms with Gasteiger partial charge in [-0.25, -0.2) is 0 Å². The summed E-state index contributed by atoms with van der Waals surface area (Å²) in [6, 6.07) is 3.81. The maximum absolute atomic E-state index is 4.96. The van der Waals surface area contributed by atoms with Crippen LogP contribution in [-0.4, -0.2) is 21.3 Å². The van der Waals surface area contributed by atoms with Crippen LogP contribution >= 0.6 is 24.0 Å². The van der Waals surface area contributed by atoms with Crippen molar-refractivity contribution in [1.29, 1.82) is 0 Å². The molecule has 74 valence electrons. The number of hydrogen-bond acceptors (Lipinski definition) is 4. The fourth-order valence-electron chi connectivity index (χ4n) is 0.833. The van der Waals surface area contributed by atoms with E-state index in [9.17, 15) is 0 Å². The Morgan fingerprint density at radius 1 is 1.50 bits per heavy atom. The lowest BCUT2D eigenvalue weighted by Crippen LogP contribution is -2.13. The number of thiocarbonyl (C=S) groups is 1. The van der Waals surface area contributed by atoms with E-state index in [0.29, 0.717) is 4.32 Å². The number of thioether (sulfide) groups is 1. The molecular weight excluding hydrogens is 214 g/mol. The van der Waals surface area contributed by atoms with Crippen molar-refractivity contribution < 1.29 is 0 Å². The van der Waals surface area contributed by atoms with Crippen LogP contribution in [0, 0.1) is 0 Å². The maximum atomic E-state index is 4.96. The second kappa shape index (κ2) is 5.72. The summed E-state index contributed by atoms with van der Waals surface area (Å²) >= 11 is 6.42. The summed E-state index contributed by atoms with van der Waals surface area (Å²) < 4.78 is 0.665. The van der Waals surface area contributed by atoms with Crippen LogP contribution in [-0.2, 0) is 0 Å². The molecule has 1 N–H and O–H groups in total. The van der Waals surface area contributed by atoms with E-state index in [-0.39, 0.29) is 0 Å². The highest BCUT2D eigenvalue weighted by Gasteiger charge is 1.96. The average molecular weight is 225 g/mol. The molecule has 14 heavy (non-hydrogen) atoms. The topological polar surface area (TPSA) is 37.3 Å². The summed E-state index contributed by atoms with van der Waals surface area (Å²) in [4.78, 5) is 3.93. The summed E-state index contributed by atoms with van der Waals surface area (Å²) in [7, 11) is 0. The zero-order valence-electron chi connectivity index (χ0n) is 8.02. The van der Waals surface area contributed by atoms with Crippen molar-refractivity contribution in [3.63, 3.8) is 0 Å². The van der Waals surface area contributed by atoms with Gasteiger partial charge >= 0.3 is 0 Å². The molecule has 1 aromatic rings. The molecule has 0 saturated heterocycles. The molecule has 0 bridgehead atoms. The Balaban J connectivity index is 2.66. The monoisotopic (exact) mass is 225 g/mol. The van der Waals surface area contributed by atoms with E-state index in [1.54, 1.807) is 12.4 Å². The molecule has 1 rings (SSSR count). The van der Waals surface area contributed by atoms with Crippen LogP contribution in [0.25, 0.3) is 0 Å². The van der Waals surface area contributed by atoms with Gasteiger partial charge in [-0.1, -0.05) is 24.0 Å². The molecular formula is C9H11N3S2. The van der Waals surface area contributed by atoms with Crippen molar-refractivity contribution in [2.24, 2.45) is 5.10 Å². The predicted octanol–water partition coefficient (Wildman–Crippen LogP) is 2.04. The molecule has 0 fully saturated rings. The lowest BCUT2D eigenvalue weighted by Gasteiger charge is -2.01. The van der Waals surface area contributed by atoms with Gasteiger partial charge in [-0.15, -0.1) is 0 Å². The number of pyridine rings is 1. The molecule has 0 radical (unpaired) electrons. The maximum Gasteiger partial charge on any atom is 0.153 e. The summed E-state index contributed by atoms with van der Waals surface area (Å²) in [5, 5.41) is 4.14. The van der Waals surface area contributed by atoms with Gasteiger partial charge in [-0.05, 0) is 25.3 Å². The SMILES string of the molecule is CSC(=S)N/N=C(/C)c1ccncc1. The van der Waals surface area contributed by atoms with Crippen LogP contribution in [0.5, 0.6) is 0 Å². The molecule has 5 heteroatoms. The van der Waals surface area contributed by atoms with Gasteiger partial charge in [0.15, 0.2) is 4.32 Å². The first-order valence-electron chi connectivity index (χ1n) is 4.02. The first kappa shape index (κ1) is 11.1. The Labute approximate surface area is 93.0 Å². The third-order valence-electron chi connectivity index (χ3n) is 1.60. The largest absolute Gasteiger partial charge is 0.265 e. The van der Waals surface area contributed by atoms with Gasteiger partial charge in [0.2, 0.25) is 0 Å². The summed E-state index contributed by atoms with van der Waals surface area (Å²) in [5.74, 6) is 0. The molecule has 0 aliphatic carbocycles. The minimum atomic E-state index is 0.665. The minimum absolute atomic E-state index is 0.665. The van der Waals surface area contributed by atoms with Crippen molar-refractivity contribution >= 4 is 34.0 Å². The Kier molecular flexibility index (Phi) is 4.55. The third kappa shape index (κ3) is 3.43. The average Bonchev–Trinajstić information content (AvgIpc) is 2.26. The molecule has 0 aromatic carbocycles. The highest BCUT2D eigenvalue weighted by molar-refractivity contribution is 8.22. The third-order valence-corrected chi connectivity index (χ3v) is 2.65. The molecule has 0 aliphatic rings. The van der Waals surface area contributed by atoms with Crippen LogP contribution in [0.3, 0.4) is 0 Å². The lowest BCUT2D eigenvalue weighted by molar-refractivity contribution is 1.06. The van der Waals surface area contributed by atoms with Gasteiger partial charge in [-0.3, -0.25) is 10.4 Å². The number of hydrazone groups is 1. The van der Waals surface area contributed by atoms with Crippen molar-refractivity contribution in [2.45, 2.75) is 6.92 Å². The van der Waals surface area contributed by atoms with Crippen molar-refractivity contribution in [3.8, 4) is 0 Å². The van der Waals surface area contributed by atoms with Gasteiger partial charge in [0.1, 0.15) is 0 Å². The quantitative estimate of drug-likeness (QED) is 0.475. The van der Waals surface area contributed by atoms with E-state index >= 15 is 0 Å². The van der Waals surface area contributed by atoms with Crippen LogP contribution in [0.1, 0.15) is 12.5 Å². The van der Waals surface area contributed by atoms with Gasteiger partial charge in [0.05, 0.1) is 5.71 Å². The molecule has 0 amide bonds. The lowest BCUT2D eigenvalue weighted by atomic mass is 10.2. The van der Waals surface area contributed by atoms with E-state index < -0.39 is 0 Å². The van der Waals surface area contributed by atoms with E-state index in [2.05, 4.69) is 15.5 Å². The Morgan fingerprint density at radius 3 is 2.71 bits per heavy atom. The smallest absolute Gasteiger partial charge is 0.153 e. The summed E-state index contributed by atoms with van der Waals surface area (Å²) in [6.07, 6.45) is 5.38. The zero-order chi connectivity index (χ0) is 10.4. The van der Waals surface area contributed by atoms with Gasteiger partial charge in [-0.2, -0.15) is 5.10 Å². The predicted molar refractivity (Wildman–Crippen MR) is 65.7 cm³/mol. The Hall–Kier alpha value is -0.940. The number of nitrogens with one attached hydrogen (secondary N) is 1. The Morgan fingerprint density at radius 2 is 2.14 bits per heavy atom. The normalized spacial score (nSPS) is 11.1. The number of nitrogens with zero attached hydrogens (tertiary/aromatic N) is 2. The van der Waals surface area contributed by atoms with E-state index in [4.69, 9.17) is 12.2 Å². The fourth-order valence-corrected chi connectivity index (χ4v) is 1.02. The summed E-state index contributed by atoms with van der Waals surface area (Å²) in [5.41, 5.74) is 4.72. The molecule has 0 atom stereocenters. The Bertz CT molecular complexity index is 335. The van der Waals surface area contributed by atoms with E-state index in [1.807, 2.05) is 25.3 Å². The highest BCUT2D eigenvalue weighted by atomic mass is 32.2. The second-order valence-corrected chi connectivity index (χ2v) is 4.02. The van der Waals surface area contributed by atoms with Gasteiger partial charge in [0, 0.05) is 18.0 Å². The summed E-state index contributed by atoms with van der Waals surface area (Å²) in [6.45, 7) is 1.92. The van der Waals surface area contributed by atoms with Crippen LogP contribution < -0.4 is 5.43 Å². The van der Waals surface area contributed by atoms with Crippen molar-refractivity contribution in [1.82, 2.24) is 10.4 Å². The van der Waals surface area contributed by atoms with Crippen LogP contribution in [0.15, 0.2) is 29.6 Å². The highest BCUT2D eigenvalue weighted by Crippen LogP contribution is 1.99. The number of hydrogen-bond donors (Lipinski definition) is 1. The fraction of sp³-hybridized carbons (Fsp3) is 0.222. The van der Waals surface area contributed by atoms with E-state index in [1.165, 1.54) is 11.8 Å². The molecule has 0 aliphatic heterocycles. The first-order chi connectivity index (χ1) is 6.74. The number of rotatable bonds is 2. The van der Waals surface area contributed by atoms with Crippen molar-refractivity contribution in [2.75, 3.05) is 6.26 Å². The molecule has 1 heterocycles. The van der Waals surface area contributed by atoms with Gasteiger partial charge < -0.3 is 0 Å². The minimum Gasteiger partial charge on any atom is -0.265 e. The molecule has 3 nitrogen and oxygen atoms in total. The van der Waals surface area contributed by atoms with Crippen molar-refractivity contribution in [3.05, 3.63) is 30.1 Å². The molecule has 0 unspecified atom stereocenters. The number of aromatic nitrogens is 1. The van der Waals surface area contributed by atoms with Crippen LogP contribution in [0.4, 0.5) is 0 Å². The second-order valence-electron chi connectivity index (χ2n) is 2.54. The first-order valence-corrected chi connectivity index (χ1v) is 5.66. The molecule has 0 spiro atoms. The van der Waals surface area contributed by atoms with Crippen LogP contribution in [0.2, 0.25) is 0 Å². The standard InChI is InChI=1S/C9H11N3S2/c1-7(11-12-9(13)14-2)8-3-5-10-6-4-8/h3-6H,1-2H3,(H,12,13)/b11-7-. The zero-order valence-corrected chi connectivity index (χ0v) is 9.65. The molecule has 0 saturated carbocycles. The van der Waals surface area contributed by atoms with Gasteiger partial charge in [0.25, 0.3) is 0 Å².